The number of nitrogens with zero attached hydrogens (tertiary/aromatic N) is 2. The lowest BCUT2D eigenvalue weighted by Crippen LogP contribution is -2.40. The Morgan fingerprint density at radius 3 is 2.52 bits per heavy atom. The lowest BCUT2D eigenvalue weighted by molar-refractivity contribution is -0.385. The number of nitro benzene ring substituents is 1. The maximum absolute atomic E-state index is 12.5. The summed E-state index contributed by atoms with van der Waals surface area (Å²) in [6, 6.07) is 3.86. The summed E-state index contributed by atoms with van der Waals surface area (Å²) in [5, 5.41) is 10.9. The number of alkyl halides is 4. The summed E-state index contributed by atoms with van der Waals surface area (Å²) >= 11 is 5.40. The molecule has 0 spiro atoms. The molecule has 9 heteroatoms. The Hall–Kier alpha value is -1.83. The van der Waals surface area contributed by atoms with Crippen LogP contribution in [0.25, 0.3) is 0 Å². The third kappa shape index (κ3) is 4.59. The molecule has 21 heavy (non-hydrogen) atoms. The van der Waals surface area contributed by atoms with E-state index in [1.54, 1.807) is 0 Å². The van der Waals surface area contributed by atoms with E-state index in [9.17, 15) is 28.1 Å². The maximum atomic E-state index is 12.5. The van der Waals surface area contributed by atoms with E-state index in [1.165, 1.54) is 19.1 Å². The van der Waals surface area contributed by atoms with Gasteiger partial charge < -0.3 is 4.90 Å². The minimum absolute atomic E-state index is 0.207. The number of halogens is 4. The number of benzene rings is 1. The number of amides is 1. The molecule has 0 saturated carbocycles. The largest absolute Gasteiger partial charge is 0.406 e. The molecule has 116 valence electrons. The molecule has 0 radical (unpaired) electrons. The van der Waals surface area contributed by atoms with Crippen LogP contribution in [0.3, 0.4) is 0 Å². The highest BCUT2D eigenvalue weighted by atomic mass is 35.5. The minimum atomic E-state index is -4.61. The van der Waals surface area contributed by atoms with E-state index in [0.717, 1.165) is 6.07 Å². The molecule has 0 fully saturated rings. The zero-order chi connectivity index (χ0) is 16.2. The van der Waals surface area contributed by atoms with Gasteiger partial charge in [0.1, 0.15) is 12.1 Å². The van der Waals surface area contributed by atoms with Gasteiger partial charge in [-0.25, -0.2) is 0 Å². The normalized spacial score (nSPS) is 11.3. The molecule has 0 bridgehead atoms. The van der Waals surface area contributed by atoms with E-state index >= 15 is 0 Å². The van der Waals surface area contributed by atoms with Crippen molar-refractivity contribution in [3.63, 3.8) is 0 Å². The molecule has 0 unspecified atom stereocenters. The van der Waals surface area contributed by atoms with Gasteiger partial charge in [-0.15, -0.1) is 11.6 Å². The monoisotopic (exact) mass is 324 g/mol. The second-order valence-corrected chi connectivity index (χ2v) is 4.63. The van der Waals surface area contributed by atoms with Crippen LogP contribution in [0.2, 0.25) is 0 Å². The minimum Gasteiger partial charge on any atom is -0.328 e. The SMILES string of the molecule is Cc1cccc([N+](=O)[O-])c1C(=O)N(CCCl)CC(F)(F)F. The van der Waals surface area contributed by atoms with Crippen molar-refractivity contribution in [3.05, 3.63) is 39.4 Å². The second-order valence-electron chi connectivity index (χ2n) is 4.26. The Kier molecular flexibility index (Phi) is 5.54. The lowest BCUT2D eigenvalue weighted by Gasteiger charge is -2.23. The number of hydrogen-bond donors (Lipinski definition) is 0. The lowest BCUT2D eigenvalue weighted by atomic mass is 10.1. The number of carbonyl (C=O) groups excluding carboxylic acids is 1. The molecule has 5 nitrogen and oxygen atoms in total. The van der Waals surface area contributed by atoms with E-state index in [0.29, 0.717) is 4.90 Å². The summed E-state index contributed by atoms with van der Waals surface area (Å²) < 4.78 is 37.5. The zero-order valence-electron chi connectivity index (χ0n) is 11.0. The van der Waals surface area contributed by atoms with Crippen molar-refractivity contribution in [2.24, 2.45) is 0 Å². The number of hydrogen-bond acceptors (Lipinski definition) is 3. The standard InChI is InChI=1S/C12H12ClF3N2O3/c1-8-3-2-4-9(18(20)21)10(8)11(19)17(6-5-13)7-12(14,15)16/h2-4H,5-7H2,1H3. The van der Waals surface area contributed by atoms with E-state index in [2.05, 4.69) is 0 Å². The number of carbonyl (C=O) groups is 1. The summed E-state index contributed by atoms with van der Waals surface area (Å²) in [5.41, 5.74) is -0.644. The van der Waals surface area contributed by atoms with Crippen molar-refractivity contribution in [3.8, 4) is 0 Å². The van der Waals surface area contributed by atoms with Gasteiger partial charge in [0.15, 0.2) is 0 Å². The van der Waals surface area contributed by atoms with Gasteiger partial charge in [-0.2, -0.15) is 13.2 Å². The zero-order valence-corrected chi connectivity index (χ0v) is 11.7. The topological polar surface area (TPSA) is 63.5 Å². The second kappa shape index (κ2) is 6.75. The predicted molar refractivity (Wildman–Crippen MR) is 70.5 cm³/mol. The van der Waals surface area contributed by atoms with Crippen LogP contribution in [0, 0.1) is 17.0 Å². The first-order valence-electron chi connectivity index (χ1n) is 5.83. The molecular weight excluding hydrogens is 313 g/mol. The van der Waals surface area contributed by atoms with E-state index < -0.39 is 29.2 Å². The van der Waals surface area contributed by atoms with Crippen LogP contribution in [-0.2, 0) is 0 Å². The van der Waals surface area contributed by atoms with Crippen LogP contribution >= 0.6 is 11.6 Å². The highest BCUT2D eigenvalue weighted by Gasteiger charge is 2.35. The Labute approximate surface area is 123 Å². The van der Waals surface area contributed by atoms with Crippen LogP contribution in [0.4, 0.5) is 18.9 Å². The number of nitro groups is 1. The Bertz CT molecular complexity index is 549. The van der Waals surface area contributed by atoms with Gasteiger partial charge in [-0.3, -0.25) is 14.9 Å². The first-order valence-corrected chi connectivity index (χ1v) is 6.37. The molecule has 1 rings (SSSR count). The number of rotatable bonds is 5. The van der Waals surface area contributed by atoms with Gasteiger partial charge in [0.2, 0.25) is 0 Å². The van der Waals surface area contributed by atoms with Crippen molar-refractivity contribution in [2.75, 3.05) is 19.0 Å². The van der Waals surface area contributed by atoms with E-state index in [1.807, 2.05) is 0 Å². The Balaban J connectivity index is 3.24. The average molecular weight is 325 g/mol. The molecule has 0 N–H and O–H groups in total. The van der Waals surface area contributed by atoms with E-state index in [4.69, 9.17) is 11.6 Å². The third-order valence-corrected chi connectivity index (χ3v) is 2.84. The predicted octanol–water partition coefficient (Wildman–Crippen LogP) is 3.15. The number of aryl methyl sites for hydroxylation is 1. The summed E-state index contributed by atoms with van der Waals surface area (Å²) in [7, 11) is 0. The molecule has 0 aromatic heterocycles. The highest BCUT2D eigenvalue weighted by molar-refractivity contribution is 6.18. The van der Waals surface area contributed by atoms with Crippen molar-refractivity contribution < 1.29 is 22.9 Å². The molecule has 0 aliphatic heterocycles. The molecule has 1 aromatic carbocycles. The Morgan fingerprint density at radius 2 is 2.05 bits per heavy atom. The first kappa shape index (κ1) is 17.2. The summed E-state index contributed by atoms with van der Waals surface area (Å²) in [4.78, 5) is 22.8. The fourth-order valence-corrected chi connectivity index (χ4v) is 2.02. The van der Waals surface area contributed by atoms with Gasteiger partial charge in [0, 0.05) is 18.5 Å². The van der Waals surface area contributed by atoms with Crippen LogP contribution in [0.1, 0.15) is 15.9 Å². The van der Waals surface area contributed by atoms with Gasteiger partial charge in [-0.1, -0.05) is 12.1 Å². The summed E-state index contributed by atoms with van der Waals surface area (Å²) in [6.07, 6.45) is -4.61. The smallest absolute Gasteiger partial charge is 0.328 e. The van der Waals surface area contributed by atoms with Gasteiger partial charge >= 0.3 is 6.18 Å². The van der Waals surface area contributed by atoms with Crippen LogP contribution in [0.5, 0.6) is 0 Å². The Morgan fingerprint density at radius 1 is 1.43 bits per heavy atom. The van der Waals surface area contributed by atoms with Crippen LogP contribution in [0.15, 0.2) is 18.2 Å². The molecule has 0 aliphatic carbocycles. The molecular formula is C12H12ClF3N2O3. The summed E-state index contributed by atoms with van der Waals surface area (Å²) in [6.45, 7) is -0.442. The van der Waals surface area contributed by atoms with Crippen molar-refractivity contribution >= 4 is 23.2 Å². The molecule has 1 aromatic rings. The van der Waals surface area contributed by atoms with Crippen molar-refractivity contribution in [1.29, 1.82) is 0 Å². The highest BCUT2D eigenvalue weighted by Crippen LogP contribution is 2.25. The fraction of sp³-hybridized carbons (Fsp3) is 0.417. The maximum Gasteiger partial charge on any atom is 0.406 e. The van der Waals surface area contributed by atoms with Gasteiger partial charge in [0.25, 0.3) is 11.6 Å². The molecule has 0 aliphatic rings. The quantitative estimate of drug-likeness (QED) is 0.475. The molecule has 0 atom stereocenters. The summed E-state index contributed by atoms with van der Waals surface area (Å²) in [5.74, 6) is -1.26. The molecule has 0 saturated heterocycles. The van der Waals surface area contributed by atoms with E-state index in [-0.39, 0.29) is 23.6 Å². The van der Waals surface area contributed by atoms with Crippen LogP contribution < -0.4 is 0 Å². The van der Waals surface area contributed by atoms with Gasteiger partial charge in [-0.05, 0) is 12.5 Å². The third-order valence-electron chi connectivity index (χ3n) is 2.67. The van der Waals surface area contributed by atoms with Crippen molar-refractivity contribution in [2.45, 2.75) is 13.1 Å². The van der Waals surface area contributed by atoms with Gasteiger partial charge in [0.05, 0.1) is 4.92 Å². The van der Waals surface area contributed by atoms with Crippen LogP contribution in [-0.4, -0.2) is 40.9 Å². The molecule has 0 heterocycles. The first-order chi connectivity index (χ1) is 9.67. The van der Waals surface area contributed by atoms with Crippen molar-refractivity contribution in [1.82, 2.24) is 4.90 Å². The average Bonchev–Trinajstić information content (AvgIpc) is 2.35. The molecule has 1 amide bonds. The fourth-order valence-electron chi connectivity index (χ4n) is 1.81.